The summed E-state index contributed by atoms with van der Waals surface area (Å²) in [6, 6.07) is 9.06. The maximum absolute atomic E-state index is 12.0. The molecule has 0 bridgehead atoms. The number of rotatable bonds is 4. The summed E-state index contributed by atoms with van der Waals surface area (Å²) in [5.41, 5.74) is 5.99. The third kappa shape index (κ3) is 2.56. The lowest BCUT2D eigenvalue weighted by molar-refractivity contribution is -0.149. The molecule has 0 fully saturated rings. The van der Waals surface area contributed by atoms with Gasteiger partial charge < -0.3 is 10.5 Å². The minimum Gasteiger partial charge on any atom is -0.465 e. The van der Waals surface area contributed by atoms with Crippen LogP contribution in [0.3, 0.4) is 0 Å². The van der Waals surface area contributed by atoms with Crippen molar-refractivity contribution in [2.24, 2.45) is 0 Å². The third-order valence-corrected chi connectivity index (χ3v) is 2.71. The molecule has 0 aliphatic carbocycles. The largest absolute Gasteiger partial charge is 0.465 e. The molecule has 0 saturated carbocycles. The second-order valence-electron chi connectivity index (χ2n) is 3.97. The summed E-state index contributed by atoms with van der Waals surface area (Å²) in [5, 5.41) is 8.87. The smallest absolute Gasteiger partial charge is 0.317 e. The fourth-order valence-corrected chi connectivity index (χ4v) is 1.73. The van der Waals surface area contributed by atoms with E-state index in [-0.39, 0.29) is 13.0 Å². The van der Waals surface area contributed by atoms with Gasteiger partial charge in [0.25, 0.3) is 0 Å². The molecule has 0 saturated heterocycles. The monoisotopic (exact) mass is 232 g/mol. The Morgan fingerprint density at radius 3 is 2.71 bits per heavy atom. The van der Waals surface area contributed by atoms with E-state index in [1.807, 2.05) is 6.07 Å². The number of carbonyl (C=O) groups is 1. The van der Waals surface area contributed by atoms with Crippen LogP contribution in [0, 0.1) is 11.3 Å². The van der Waals surface area contributed by atoms with Crippen molar-refractivity contribution in [3.05, 3.63) is 29.8 Å². The molecule has 1 rings (SSSR count). The van der Waals surface area contributed by atoms with Crippen molar-refractivity contribution in [3.8, 4) is 6.07 Å². The third-order valence-electron chi connectivity index (χ3n) is 2.71. The molecule has 0 aromatic heterocycles. The van der Waals surface area contributed by atoms with Gasteiger partial charge in [-0.05, 0) is 25.5 Å². The number of anilines is 1. The summed E-state index contributed by atoms with van der Waals surface area (Å²) < 4.78 is 5.02. The Labute approximate surface area is 101 Å². The van der Waals surface area contributed by atoms with Crippen LogP contribution >= 0.6 is 0 Å². The van der Waals surface area contributed by atoms with Gasteiger partial charge in [-0.1, -0.05) is 18.2 Å². The van der Waals surface area contributed by atoms with Crippen LogP contribution < -0.4 is 5.73 Å². The molecule has 0 heterocycles. The van der Waals surface area contributed by atoms with Gasteiger partial charge in [-0.25, -0.2) is 0 Å². The van der Waals surface area contributed by atoms with Crippen molar-refractivity contribution in [1.29, 1.82) is 5.26 Å². The predicted octanol–water partition coefficient (Wildman–Crippen LogP) is 2.00. The molecular formula is C13H16N2O2. The van der Waals surface area contributed by atoms with E-state index in [1.54, 1.807) is 38.1 Å². The van der Waals surface area contributed by atoms with Gasteiger partial charge in [0.2, 0.25) is 0 Å². The summed E-state index contributed by atoms with van der Waals surface area (Å²) in [5.74, 6) is -0.417. The number of nitriles is 1. The molecule has 4 heteroatoms. The topological polar surface area (TPSA) is 76.1 Å². The summed E-state index contributed by atoms with van der Waals surface area (Å²) in [6.07, 6.45) is 0.0417. The van der Waals surface area contributed by atoms with Crippen LogP contribution in [0.5, 0.6) is 0 Å². The van der Waals surface area contributed by atoms with Gasteiger partial charge >= 0.3 is 5.97 Å². The van der Waals surface area contributed by atoms with Gasteiger partial charge in [-0.2, -0.15) is 5.26 Å². The first-order chi connectivity index (χ1) is 8.06. The van der Waals surface area contributed by atoms with Gasteiger partial charge in [0.1, 0.15) is 5.41 Å². The predicted molar refractivity (Wildman–Crippen MR) is 65.1 cm³/mol. The molecule has 1 atom stereocenters. The van der Waals surface area contributed by atoms with Crippen LogP contribution in [0.15, 0.2) is 24.3 Å². The highest BCUT2D eigenvalue weighted by molar-refractivity contribution is 5.85. The zero-order chi connectivity index (χ0) is 12.9. The second-order valence-corrected chi connectivity index (χ2v) is 3.97. The fourth-order valence-electron chi connectivity index (χ4n) is 1.73. The summed E-state index contributed by atoms with van der Waals surface area (Å²) in [6.45, 7) is 3.70. The van der Waals surface area contributed by atoms with E-state index in [0.717, 1.165) is 0 Å². The van der Waals surface area contributed by atoms with Crippen LogP contribution in [0.4, 0.5) is 5.69 Å². The van der Waals surface area contributed by atoms with E-state index in [4.69, 9.17) is 15.7 Å². The van der Waals surface area contributed by atoms with Gasteiger partial charge in [0.05, 0.1) is 19.1 Å². The van der Waals surface area contributed by atoms with E-state index in [1.165, 1.54) is 0 Å². The Balaban J connectivity index is 3.21. The van der Waals surface area contributed by atoms with Crippen molar-refractivity contribution in [3.63, 3.8) is 0 Å². The van der Waals surface area contributed by atoms with Crippen molar-refractivity contribution < 1.29 is 9.53 Å². The second kappa shape index (κ2) is 5.35. The Hall–Kier alpha value is -2.02. The standard InChI is InChI=1S/C13H16N2O2/c1-3-17-12(16)13(2,8-9-14)10-6-4-5-7-11(10)15/h4-7H,3,8,15H2,1-2H3. The molecule has 0 amide bonds. The molecule has 1 aromatic rings. The lowest BCUT2D eigenvalue weighted by Crippen LogP contribution is -2.35. The lowest BCUT2D eigenvalue weighted by atomic mass is 9.79. The number of nitrogens with two attached hydrogens (primary N) is 1. The van der Waals surface area contributed by atoms with E-state index in [9.17, 15) is 4.79 Å². The van der Waals surface area contributed by atoms with Crippen LogP contribution in [0.1, 0.15) is 25.8 Å². The van der Waals surface area contributed by atoms with Gasteiger partial charge in [0, 0.05) is 5.69 Å². The average Bonchev–Trinajstić information content (AvgIpc) is 2.30. The van der Waals surface area contributed by atoms with Crippen molar-refractivity contribution in [2.45, 2.75) is 25.7 Å². The van der Waals surface area contributed by atoms with Crippen molar-refractivity contribution in [2.75, 3.05) is 12.3 Å². The zero-order valence-corrected chi connectivity index (χ0v) is 10.1. The first-order valence-corrected chi connectivity index (χ1v) is 5.45. The molecule has 0 radical (unpaired) electrons. The first-order valence-electron chi connectivity index (χ1n) is 5.45. The molecule has 17 heavy (non-hydrogen) atoms. The van der Waals surface area contributed by atoms with Crippen LogP contribution in [-0.4, -0.2) is 12.6 Å². The van der Waals surface area contributed by atoms with Crippen LogP contribution in [0.2, 0.25) is 0 Å². The van der Waals surface area contributed by atoms with Crippen LogP contribution in [-0.2, 0) is 14.9 Å². The molecule has 4 nitrogen and oxygen atoms in total. The molecule has 0 aliphatic heterocycles. The number of carbonyl (C=O) groups excluding carboxylic acids is 1. The zero-order valence-electron chi connectivity index (χ0n) is 10.1. The Bertz CT molecular complexity index is 451. The Morgan fingerprint density at radius 2 is 2.18 bits per heavy atom. The van der Waals surface area contributed by atoms with E-state index in [0.29, 0.717) is 11.3 Å². The minimum absolute atomic E-state index is 0.0417. The first kappa shape index (κ1) is 13.0. The normalized spacial score (nSPS) is 13.5. The van der Waals surface area contributed by atoms with Gasteiger partial charge in [0.15, 0.2) is 0 Å². The van der Waals surface area contributed by atoms with Crippen molar-refractivity contribution >= 4 is 11.7 Å². The molecular weight excluding hydrogens is 216 g/mol. The molecule has 0 spiro atoms. The van der Waals surface area contributed by atoms with E-state index < -0.39 is 11.4 Å². The highest BCUT2D eigenvalue weighted by Gasteiger charge is 2.38. The Morgan fingerprint density at radius 1 is 1.53 bits per heavy atom. The van der Waals surface area contributed by atoms with Gasteiger partial charge in [-0.3, -0.25) is 4.79 Å². The summed E-state index contributed by atoms with van der Waals surface area (Å²) in [7, 11) is 0. The molecule has 90 valence electrons. The summed E-state index contributed by atoms with van der Waals surface area (Å²) >= 11 is 0. The molecule has 2 N–H and O–H groups in total. The van der Waals surface area contributed by atoms with Crippen molar-refractivity contribution in [1.82, 2.24) is 0 Å². The maximum Gasteiger partial charge on any atom is 0.317 e. The highest BCUT2D eigenvalue weighted by atomic mass is 16.5. The number of para-hydroxylation sites is 1. The lowest BCUT2D eigenvalue weighted by Gasteiger charge is -2.26. The van der Waals surface area contributed by atoms with E-state index in [2.05, 4.69) is 0 Å². The van der Waals surface area contributed by atoms with E-state index >= 15 is 0 Å². The molecule has 1 unspecified atom stereocenters. The maximum atomic E-state index is 12.0. The molecule has 1 aromatic carbocycles. The van der Waals surface area contributed by atoms with Gasteiger partial charge in [-0.15, -0.1) is 0 Å². The summed E-state index contributed by atoms with van der Waals surface area (Å²) in [4.78, 5) is 12.0. The van der Waals surface area contributed by atoms with Crippen LogP contribution in [0.25, 0.3) is 0 Å². The SMILES string of the molecule is CCOC(=O)C(C)(CC#N)c1ccccc1N. The number of benzene rings is 1. The number of hydrogen-bond donors (Lipinski definition) is 1. The number of nitrogen functional groups attached to an aromatic ring is 1. The number of esters is 1. The molecule has 0 aliphatic rings. The average molecular weight is 232 g/mol. The fraction of sp³-hybridized carbons (Fsp3) is 0.385. The number of nitrogens with zero attached hydrogens (tertiary/aromatic N) is 1. The quantitative estimate of drug-likeness (QED) is 0.636. The Kier molecular flexibility index (Phi) is 4.11. The number of hydrogen-bond acceptors (Lipinski definition) is 4. The highest BCUT2D eigenvalue weighted by Crippen LogP contribution is 2.32. The number of ether oxygens (including phenoxy) is 1. The minimum atomic E-state index is -1.00.